The first-order valence-corrected chi connectivity index (χ1v) is 20.4. The van der Waals surface area contributed by atoms with Crippen molar-refractivity contribution >= 4 is 27.1 Å². The first-order valence-electron chi connectivity index (χ1n) is 14.2. The number of halogens is 2. The number of benzene rings is 4. The number of unbranched alkanes of at least 4 members (excludes halogenated alkanes) is 1. The van der Waals surface area contributed by atoms with Gasteiger partial charge in [0.15, 0.2) is 0 Å². The molecule has 0 saturated carbocycles. The van der Waals surface area contributed by atoms with Crippen LogP contribution in [0, 0.1) is 6.07 Å². The zero-order valence-electron chi connectivity index (χ0n) is 24.4. The van der Waals surface area contributed by atoms with Gasteiger partial charge in [-0.15, -0.1) is 40.1 Å². The minimum atomic E-state index is 0. The number of para-hydroxylation sites is 1. The van der Waals surface area contributed by atoms with Crippen molar-refractivity contribution in [3.63, 3.8) is 0 Å². The molecule has 6 aromatic rings. The Balaban J connectivity index is 0.000000216. The Morgan fingerprint density at radius 3 is 2.38 bits per heavy atom. The molecule has 0 radical (unpaired) electrons. The van der Waals surface area contributed by atoms with E-state index in [0.717, 1.165) is 11.9 Å². The Bertz CT molecular complexity index is 1730. The summed E-state index contributed by atoms with van der Waals surface area (Å²) in [6.07, 6.45) is 6.70. The van der Waals surface area contributed by atoms with Gasteiger partial charge in [-0.3, -0.25) is 4.98 Å². The zero-order valence-corrected chi connectivity index (χ0v) is 29.4. The summed E-state index contributed by atoms with van der Waals surface area (Å²) < 4.78 is 0. The normalized spacial score (nSPS) is 10.7. The molecule has 5 heteroatoms. The summed E-state index contributed by atoms with van der Waals surface area (Å²) in [5.74, 6) is 0. The molecule has 0 atom stereocenters. The minimum absolute atomic E-state index is 0. The summed E-state index contributed by atoms with van der Waals surface area (Å²) in [7, 11) is 0. The number of hydrogen-bond acceptors (Lipinski definition) is 1. The SMILES string of the molecule is CCCCc1cc2c(-c3cnc4ccccc4c3)cccc2[cH-]1.C[Si](C)=[Zr+2].[Cl-].[Cl-].[c-]1cccc2c1Cc1ccccc1-2. The van der Waals surface area contributed by atoms with E-state index in [2.05, 4.69) is 122 Å². The van der Waals surface area contributed by atoms with E-state index < -0.39 is 0 Å². The van der Waals surface area contributed by atoms with E-state index in [1.54, 1.807) is 23.3 Å². The van der Waals surface area contributed by atoms with E-state index in [0.29, 0.717) is 0 Å². The maximum Gasteiger partial charge on any atom is -0.0253 e. The topological polar surface area (TPSA) is 12.9 Å². The zero-order chi connectivity index (χ0) is 27.9. The van der Waals surface area contributed by atoms with Crippen LogP contribution in [0.4, 0.5) is 0 Å². The van der Waals surface area contributed by atoms with E-state index in [9.17, 15) is 0 Å². The molecule has 0 N–H and O–H groups in total. The molecule has 0 unspecified atom stereocenters. The monoisotopic (exact) mass is 681 g/mol. The van der Waals surface area contributed by atoms with Crippen LogP contribution in [0.2, 0.25) is 13.1 Å². The Morgan fingerprint density at radius 2 is 1.57 bits per heavy atom. The van der Waals surface area contributed by atoms with Crippen LogP contribution in [-0.2, 0) is 36.2 Å². The van der Waals surface area contributed by atoms with Gasteiger partial charge in [0.05, 0.1) is 5.52 Å². The molecule has 0 aliphatic heterocycles. The molecule has 1 nitrogen and oxygen atoms in total. The van der Waals surface area contributed by atoms with Crippen molar-refractivity contribution in [2.75, 3.05) is 0 Å². The average Bonchev–Trinajstić information content (AvgIpc) is 3.57. The van der Waals surface area contributed by atoms with Crippen molar-refractivity contribution in [2.45, 2.75) is 45.7 Å². The standard InChI is InChI=1S/C22H20N.C13H9.C2H6Si.2ClH.Zr/c1-2-3-7-16-12-17-9-6-10-20(21(17)13-16)19-14-18-8-4-5-11-22(18)23-15-19;1-3-7-12-10(5-1)9-11-6-2-4-8-13(11)12;1-3-2;;;/h4-6,8-15H,2-3,7H2,1H3;1-5,7-8H,9H2;1-2H3;2*1H;/q2*-1;;;;+2/p-2. The van der Waals surface area contributed by atoms with Gasteiger partial charge in [-0.25, -0.2) is 0 Å². The molecular weight excluding hydrogens is 649 g/mol. The Morgan fingerprint density at radius 1 is 0.857 bits per heavy atom. The van der Waals surface area contributed by atoms with Gasteiger partial charge in [-0.1, -0.05) is 85.0 Å². The summed E-state index contributed by atoms with van der Waals surface area (Å²) in [5, 5.41) is 3.87. The molecule has 1 aliphatic carbocycles. The molecule has 1 heterocycles. The van der Waals surface area contributed by atoms with Crippen LogP contribution in [-0.4, -0.2) is 10.4 Å². The second-order valence-electron chi connectivity index (χ2n) is 10.6. The van der Waals surface area contributed by atoms with E-state index in [4.69, 9.17) is 0 Å². The first kappa shape index (κ1) is 34.1. The van der Waals surface area contributed by atoms with Crippen LogP contribution >= 0.6 is 0 Å². The summed E-state index contributed by atoms with van der Waals surface area (Å²) in [5.41, 5.74) is 10.7. The predicted octanol–water partition coefficient (Wildman–Crippen LogP) is 3.97. The molecule has 42 heavy (non-hydrogen) atoms. The maximum atomic E-state index is 4.62. The molecular formula is C37H35Cl2NSiZr-2. The van der Waals surface area contributed by atoms with Gasteiger partial charge in [-0.2, -0.15) is 35.9 Å². The van der Waals surface area contributed by atoms with Crippen molar-refractivity contribution in [2.24, 2.45) is 0 Å². The molecule has 0 fully saturated rings. The fraction of sp³-hybridized carbons (Fsp3) is 0.189. The number of fused-ring (bicyclic) bond motifs is 5. The van der Waals surface area contributed by atoms with Gasteiger partial charge in [0.1, 0.15) is 0 Å². The van der Waals surface area contributed by atoms with Crippen LogP contribution in [0.25, 0.3) is 43.9 Å². The Kier molecular flexibility index (Phi) is 13.3. The molecule has 1 aromatic heterocycles. The van der Waals surface area contributed by atoms with Crippen molar-refractivity contribution in [1.29, 1.82) is 0 Å². The molecule has 212 valence electrons. The van der Waals surface area contributed by atoms with E-state index in [1.165, 1.54) is 74.4 Å². The van der Waals surface area contributed by atoms with Crippen molar-refractivity contribution in [3.8, 4) is 22.3 Å². The Hall–Kier alpha value is -2.42. The maximum absolute atomic E-state index is 4.62. The van der Waals surface area contributed by atoms with E-state index >= 15 is 0 Å². The number of aromatic nitrogens is 1. The van der Waals surface area contributed by atoms with Crippen molar-refractivity contribution < 1.29 is 48.1 Å². The van der Waals surface area contributed by atoms with E-state index in [-0.39, 0.29) is 30.2 Å². The minimum Gasteiger partial charge on any atom is -1.00 e. The summed E-state index contributed by atoms with van der Waals surface area (Å²) >= 11 is 1.74. The number of aryl methyl sites for hydroxylation is 1. The van der Waals surface area contributed by atoms with Gasteiger partial charge in [0, 0.05) is 11.6 Å². The largest absolute Gasteiger partial charge is 1.00 e. The summed E-state index contributed by atoms with van der Waals surface area (Å²) in [6.45, 7) is 6.86. The summed E-state index contributed by atoms with van der Waals surface area (Å²) in [6, 6.07) is 39.9. The number of hydrogen-bond donors (Lipinski definition) is 0. The molecule has 0 saturated heterocycles. The molecule has 0 bridgehead atoms. The van der Waals surface area contributed by atoms with E-state index in [1.807, 2.05) is 18.3 Å². The number of rotatable bonds is 4. The Labute approximate surface area is 278 Å². The average molecular weight is 684 g/mol. The third-order valence-corrected chi connectivity index (χ3v) is 7.15. The quantitative estimate of drug-likeness (QED) is 0.202. The van der Waals surface area contributed by atoms with Crippen molar-refractivity contribution in [1.82, 2.24) is 4.98 Å². The fourth-order valence-corrected chi connectivity index (χ4v) is 5.29. The predicted molar refractivity (Wildman–Crippen MR) is 170 cm³/mol. The number of pyridine rings is 1. The van der Waals surface area contributed by atoms with Gasteiger partial charge in [-0.05, 0) is 30.5 Å². The molecule has 5 aromatic carbocycles. The van der Waals surface area contributed by atoms with Crippen LogP contribution in [0.3, 0.4) is 0 Å². The van der Waals surface area contributed by atoms with Gasteiger partial charge in [0.2, 0.25) is 0 Å². The smallest absolute Gasteiger partial charge is 0.0253 e. The van der Waals surface area contributed by atoms with Gasteiger partial charge in [0.25, 0.3) is 0 Å². The fourth-order valence-electron chi connectivity index (χ4n) is 5.29. The summed E-state index contributed by atoms with van der Waals surface area (Å²) in [4.78, 5) is 4.62. The van der Waals surface area contributed by atoms with Gasteiger partial charge >= 0.3 is 41.9 Å². The van der Waals surface area contributed by atoms with Crippen LogP contribution in [0.5, 0.6) is 0 Å². The van der Waals surface area contributed by atoms with Crippen molar-refractivity contribution in [3.05, 3.63) is 132 Å². The van der Waals surface area contributed by atoms with Gasteiger partial charge < -0.3 is 24.8 Å². The van der Waals surface area contributed by atoms with Crippen LogP contribution < -0.4 is 24.8 Å². The van der Waals surface area contributed by atoms with Crippen LogP contribution in [0.15, 0.2) is 109 Å². The van der Waals surface area contributed by atoms with Crippen LogP contribution in [0.1, 0.15) is 36.5 Å². The molecule has 7 rings (SSSR count). The first-order chi connectivity index (χ1) is 19.5. The second-order valence-corrected chi connectivity index (χ2v) is 20.0. The molecule has 0 amide bonds. The third-order valence-electron chi connectivity index (χ3n) is 7.15. The molecule has 1 aliphatic rings. The third kappa shape index (κ3) is 8.35. The number of nitrogens with zero attached hydrogens (tertiary/aromatic N) is 1. The second kappa shape index (κ2) is 16.4. The molecule has 0 spiro atoms.